The first-order chi connectivity index (χ1) is 9.05. The van der Waals surface area contributed by atoms with Gasteiger partial charge in [0, 0.05) is 19.6 Å². The standard InChI is InChI=1S/C16H26O3/c1-5-12-10-13(6-2)14(8-9-19-4)16(7-3,11-12)15(17)18/h10-11,14H,5-9H2,1-4H3,(H,17,18). The summed E-state index contributed by atoms with van der Waals surface area (Å²) in [4.78, 5) is 11.9. The Balaban J connectivity index is 3.23. The van der Waals surface area contributed by atoms with Crippen molar-refractivity contribution in [1.82, 2.24) is 0 Å². The van der Waals surface area contributed by atoms with E-state index in [1.165, 1.54) is 5.57 Å². The summed E-state index contributed by atoms with van der Waals surface area (Å²) in [5.74, 6) is -0.656. The predicted molar refractivity (Wildman–Crippen MR) is 77.1 cm³/mol. The number of hydrogen-bond donors (Lipinski definition) is 1. The molecule has 0 fully saturated rings. The average Bonchev–Trinajstić information content (AvgIpc) is 2.43. The molecule has 108 valence electrons. The fourth-order valence-electron chi connectivity index (χ4n) is 3.08. The van der Waals surface area contributed by atoms with Crippen LogP contribution in [0.4, 0.5) is 0 Å². The number of hydrogen-bond acceptors (Lipinski definition) is 2. The van der Waals surface area contributed by atoms with E-state index in [-0.39, 0.29) is 5.92 Å². The predicted octanol–water partition coefficient (Wildman–Crippen LogP) is 3.81. The Kier molecular flexibility index (Phi) is 5.80. The molecule has 2 atom stereocenters. The first-order valence-electron chi connectivity index (χ1n) is 7.20. The second-order valence-corrected chi connectivity index (χ2v) is 5.18. The van der Waals surface area contributed by atoms with Crippen molar-refractivity contribution in [2.75, 3.05) is 13.7 Å². The highest BCUT2D eigenvalue weighted by molar-refractivity contribution is 5.79. The van der Waals surface area contributed by atoms with Gasteiger partial charge in [-0.15, -0.1) is 0 Å². The van der Waals surface area contributed by atoms with E-state index in [4.69, 9.17) is 4.74 Å². The first-order valence-corrected chi connectivity index (χ1v) is 7.20. The minimum absolute atomic E-state index is 0.0512. The van der Waals surface area contributed by atoms with E-state index in [0.29, 0.717) is 13.0 Å². The summed E-state index contributed by atoms with van der Waals surface area (Å²) in [6.07, 6.45) is 7.35. The first kappa shape index (κ1) is 16.0. The lowest BCUT2D eigenvalue weighted by atomic mass is 9.64. The zero-order valence-electron chi connectivity index (χ0n) is 12.5. The number of aliphatic carboxylic acids is 1. The second-order valence-electron chi connectivity index (χ2n) is 5.18. The van der Waals surface area contributed by atoms with Crippen LogP contribution in [0.2, 0.25) is 0 Å². The van der Waals surface area contributed by atoms with Crippen molar-refractivity contribution in [2.45, 2.75) is 46.5 Å². The highest BCUT2D eigenvalue weighted by atomic mass is 16.5. The lowest BCUT2D eigenvalue weighted by molar-refractivity contribution is -0.149. The van der Waals surface area contributed by atoms with Crippen molar-refractivity contribution in [1.29, 1.82) is 0 Å². The molecule has 0 saturated carbocycles. The van der Waals surface area contributed by atoms with E-state index < -0.39 is 11.4 Å². The molecular formula is C16H26O3. The van der Waals surface area contributed by atoms with Crippen LogP contribution in [0.1, 0.15) is 46.5 Å². The molecule has 0 aliphatic heterocycles. The van der Waals surface area contributed by atoms with Crippen LogP contribution in [-0.4, -0.2) is 24.8 Å². The minimum atomic E-state index is -0.760. The summed E-state index contributed by atoms with van der Waals surface area (Å²) >= 11 is 0. The summed E-state index contributed by atoms with van der Waals surface area (Å²) in [5.41, 5.74) is 1.64. The molecule has 3 nitrogen and oxygen atoms in total. The molecule has 0 heterocycles. The normalized spacial score (nSPS) is 26.8. The molecule has 0 bridgehead atoms. The van der Waals surface area contributed by atoms with E-state index in [9.17, 15) is 9.90 Å². The number of carboxylic acid groups (broad SMARTS) is 1. The van der Waals surface area contributed by atoms with Crippen LogP contribution in [0.25, 0.3) is 0 Å². The number of carboxylic acids is 1. The number of methoxy groups -OCH3 is 1. The Morgan fingerprint density at radius 2 is 2.05 bits per heavy atom. The van der Waals surface area contributed by atoms with Gasteiger partial charge in [0.25, 0.3) is 0 Å². The zero-order chi connectivity index (χ0) is 14.5. The van der Waals surface area contributed by atoms with Crippen molar-refractivity contribution in [3.8, 4) is 0 Å². The van der Waals surface area contributed by atoms with Gasteiger partial charge in [-0.3, -0.25) is 4.79 Å². The number of rotatable bonds is 7. The quantitative estimate of drug-likeness (QED) is 0.762. The molecule has 0 aromatic heterocycles. The summed E-state index contributed by atoms with van der Waals surface area (Å²) in [5, 5.41) is 9.77. The van der Waals surface area contributed by atoms with Gasteiger partial charge in [0.05, 0.1) is 5.41 Å². The maximum atomic E-state index is 11.9. The van der Waals surface area contributed by atoms with Gasteiger partial charge in [0.15, 0.2) is 0 Å². The van der Waals surface area contributed by atoms with E-state index in [2.05, 4.69) is 19.9 Å². The molecule has 1 aliphatic rings. The fourth-order valence-corrected chi connectivity index (χ4v) is 3.08. The van der Waals surface area contributed by atoms with E-state index in [1.807, 2.05) is 13.0 Å². The number of carbonyl (C=O) groups is 1. The van der Waals surface area contributed by atoms with Gasteiger partial charge in [0.2, 0.25) is 0 Å². The van der Waals surface area contributed by atoms with Gasteiger partial charge in [-0.1, -0.05) is 44.1 Å². The van der Waals surface area contributed by atoms with Crippen LogP contribution >= 0.6 is 0 Å². The molecule has 0 amide bonds. The number of ether oxygens (including phenoxy) is 1. The van der Waals surface area contributed by atoms with Crippen LogP contribution in [0.5, 0.6) is 0 Å². The highest BCUT2D eigenvalue weighted by Gasteiger charge is 2.45. The summed E-state index contributed by atoms with van der Waals surface area (Å²) in [7, 11) is 1.67. The lowest BCUT2D eigenvalue weighted by Gasteiger charge is -2.39. The Morgan fingerprint density at radius 1 is 1.37 bits per heavy atom. The van der Waals surface area contributed by atoms with E-state index in [0.717, 1.165) is 24.8 Å². The molecule has 0 aromatic carbocycles. The monoisotopic (exact) mass is 266 g/mol. The summed E-state index contributed by atoms with van der Waals surface area (Å²) < 4.78 is 5.17. The van der Waals surface area contributed by atoms with Crippen LogP contribution in [0.15, 0.2) is 23.3 Å². The van der Waals surface area contributed by atoms with Gasteiger partial charge in [0.1, 0.15) is 0 Å². The van der Waals surface area contributed by atoms with Crippen LogP contribution in [-0.2, 0) is 9.53 Å². The maximum Gasteiger partial charge on any atom is 0.314 e. The van der Waals surface area contributed by atoms with Crippen molar-refractivity contribution in [3.63, 3.8) is 0 Å². The Labute approximate surface area is 116 Å². The van der Waals surface area contributed by atoms with Crippen molar-refractivity contribution in [2.24, 2.45) is 11.3 Å². The van der Waals surface area contributed by atoms with Crippen molar-refractivity contribution < 1.29 is 14.6 Å². The second kappa shape index (κ2) is 6.90. The highest BCUT2D eigenvalue weighted by Crippen LogP contribution is 2.46. The molecule has 3 heteroatoms. The fraction of sp³-hybridized carbons (Fsp3) is 0.688. The molecule has 0 aromatic rings. The summed E-state index contributed by atoms with van der Waals surface area (Å²) in [6.45, 7) is 6.75. The van der Waals surface area contributed by atoms with Gasteiger partial charge in [-0.2, -0.15) is 0 Å². The summed E-state index contributed by atoms with van der Waals surface area (Å²) in [6, 6.07) is 0. The SMILES string of the molecule is CCC1=CC(CC)(C(=O)O)C(CCOC)C(CC)=C1. The molecule has 1 aliphatic carbocycles. The lowest BCUT2D eigenvalue weighted by Crippen LogP contribution is -2.40. The maximum absolute atomic E-state index is 11.9. The Morgan fingerprint density at radius 3 is 2.47 bits per heavy atom. The van der Waals surface area contributed by atoms with Crippen LogP contribution in [0.3, 0.4) is 0 Å². The molecule has 2 unspecified atom stereocenters. The van der Waals surface area contributed by atoms with Gasteiger partial charge in [-0.25, -0.2) is 0 Å². The topological polar surface area (TPSA) is 46.5 Å². The molecular weight excluding hydrogens is 240 g/mol. The molecule has 1 rings (SSSR count). The van der Waals surface area contributed by atoms with Gasteiger partial charge in [-0.05, 0) is 25.7 Å². The van der Waals surface area contributed by atoms with Crippen molar-refractivity contribution in [3.05, 3.63) is 23.3 Å². The largest absolute Gasteiger partial charge is 0.481 e. The third-order valence-electron chi connectivity index (χ3n) is 4.29. The molecule has 1 N–H and O–H groups in total. The van der Waals surface area contributed by atoms with Crippen LogP contribution < -0.4 is 0 Å². The molecule has 0 saturated heterocycles. The Bertz CT molecular complexity index is 381. The average molecular weight is 266 g/mol. The van der Waals surface area contributed by atoms with E-state index in [1.54, 1.807) is 7.11 Å². The smallest absolute Gasteiger partial charge is 0.314 e. The number of allylic oxidation sites excluding steroid dienone is 3. The zero-order valence-corrected chi connectivity index (χ0v) is 12.5. The van der Waals surface area contributed by atoms with Gasteiger partial charge < -0.3 is 9.84 Å². The molecule has 0 radical (unpaired) electrons. The third-order valence-corrected chi connectivity index (χ3v) is 4.29. The molecule has 19 heavy (non-hydrogen) atoms. The third kappa shape index (κ3) is 3.08. The van der Waals surface area contributed by atoms with E-state index >= 15 is 0 Å². The molecule has 0 spiro atoms. The van der Waals surface area contributed by atoms with Crippen LogP contribution in [0, 0.1) is 11.3 Å². The van der Waals surface area contributed by atoms with Gasteiger partial charge >= 0.3 is 5.97 Å². The minimum Gasteiger partial charge on any atom is -0.481 e. The Hall–Kier alpha value is -1.09. The van der Waals surface area contributed by atoms with Crippen molar-refractivity contribution >= 4 is 5.97 Å².